The average Bonchev–Trinajstić information content (AvgIpc) is 3.26. The summed E-state index contributed by atoms with van der Waals surface area (Å²) in [7, 11) is 0. The highest BCUT2D eigenvalue weighted by Gasteiger charge is 2.22. The van der Waals surface area contributed by atoms with E-state index in [1.807, 2.05) is 13.0 Å². The lowest BCUT2D eigenvalue weighted by atomic mass is 10.1. The van der Waals surface area contributed by atoms with Gasteiger partial charge in [0.25, 0.3) is 5.91 Å². The summed E-state index contributed by atoms with van der Waals surface area (Å²) < 4.78 is 0. The van der Waals surface area contributed by atoms with E-state index in [0.29, 0.717) is 42.2 Å². The predicted octanol–water partition coefficient (Wildman–Crippen LogP) is 2.74. The molecular weight excluding hydrogens is 418 g/mol. The number of aryl methyl sites for hydroxylation is 2. The van der Waals surface area contributed by atoms with Gasteiger partial charge in [0, 0.05) is 31.0 Å². The van der Waals surface area contributed by atoms with Gasteiger partial charge in [0.15, 0.2) is 5.65 Å². The maximum Gasteiger partial charge on any atom is 0.255 e. The minimum Gasteiger partial charge on any atom is -0.366 e. The van der Waals surface area contributed by atoms with Gasteiger partial charge in [-0.1, -0.05) is 19.6 Å². The Bertz CT molecular complexity index is 1180. The lowest BCUT2D eigenvalue weighted by Crippen LogP contribution is -2.41. The molecule has 4 heterocycles. The molecule has 1 saturated heterocycles. The highest BCUT2D eigenvalue weighted by atomic mass is 16.2. The van der Waals surface area contributed by atoms with Crippen LogP contribution in [0.15, 0.2) is 37.2 Å². The second kappa shape index (κ2) is 9.81. The monoisotopic (exact) mass is 447 g/mol. The number of H-pyrrole nitrogens is 1. The molecule has 0 unspecified atom stereocenters. The second-order valence-corrected chi connectivity index (χ2v) is 8.19. The van der Waals surface area contributed by atoms with Crippen molar-refractivity contribution in [3.63, 3.8) is 0 Å². The Morgan fingerprint density at radius 1 is 1.27 bits per heavy atom. The first-order valence-electron chi connectivity index (χ1n) is 11.2. The molecule has 3 aromatic heterocycles. The van der Waals surface area contributed by atoms with Crippen LogP contribution in [-0.2, 0) is 17.8 Å². The van der Waals surface area contributed by atoms with Crippen molar-refractivity contribution in [1.82, 2.24) is 30.2 Å². The Morgan fingerprint density at radius 2 is 2.06 bits per heavy atom. The second-order valence-electron chi connectivity index (χ2n) is 8.19. The van der Waals surface area contributed by atoms with E-state index in [1.165, 1.54) is 11.6 Å². The van der Waals surface area contributed by atoms with Crippen LogP contribution in [0, 0.1) is 6.92 Å². The van der Waals surface area contributed by atoms with E-state index >= 15 is 0 Å². The number of aromatic amines is 1. The molecule has 0 bridgehead atoms. The minimum absolute atomic E-state index is 0.0377. The molecule has 1 fully saturated rings. The van der Waals surface area contributed by atoms with Gasteiger partial charge < -0.3 is 20.5 Å². The van der Waals surface area contributed by atoms with Gasteiger partial charge >= 0.3 is 0 Å². The summed E-state index contributed by atoms with van der Waals surface area (Å²) in [5.74, 6) is 0.337. The number of hydrogen-bond acceptors (Lipinski definition) is 6. The first-order chi connectivity index (χ1) is 16.0. The fraction of sp³-hybridized carbons (Fsp3) is 0.375. The number of fused-ring (bicyclic) bond motifs is 1. The third kappa shape index (κ3) is 5.02. The maximum absolute atomic E-state index is 12.8. The molecule has 4 rings (SSSR count). The molecule has 1 aliphatic heterocycles. The Labute approximate surface area is 192 Å². The zero-order valence-corrected chi connectivity index (χ0v) is 19.0. The summed E-state index contributed by atoms with van der Waals surface area (Å²) in [4.78, 5) is 43.0. The van der Waals surface area contributed by atoms with E-state index in [2.05, 4.69) is 50.1 Å². The summed E-state index contributed by atoms with van der Waals surface area (Å²) >= 11 is 0. The Morgan fingerprint density at radius 3 is 2.76 bits per heavy atom. The van der Waals surface area contributed by atoms with Crippen molar-refractivity contribution in [2.24, 2.45) is 0 Å². The van der Waals surface area contributed by atoms with Crippen LogP contribution < -0.4 is 10.6 Å². The third-order valence-electron chi connectivity index (χ3n) is 6.02. The highest BCUT2D eigenvalue weighted by Crippen LogP contribution is 2.20. The van der Waals surface area contributed by atoms with Crippen molar-refractivity contribution >= 4 is 28.8 Å². The average molecular weight is 448 g/mol. The number of aromatic nitrogens is 4. The molecule has 2 amide bonds. The van der Waals surface area contributed by atoms with E-state index < -0.39 is 0 Å². The molecule has 0 aliphatic carbocycles. The minimum atomic E-state index is -0.233. The zero-order valence-electron chi connectivity index (χ0n) is 19.0. The molecule has 3 N–H and O–H groups in total. The Kier molecular flexibility index (Phi) is 6.67. The number of nitrogens with zero attached hydrogens (tertiary/aromatic N) is 4. The first-order valence-corrected chi connectivity index (χ1v) is 11.2. The number of carbonyl (C=O) groups is 2. The van der Waals surface area contributed by atoms with Crippen molar-refractivity contribution in [2.75, 3.05) is 18.4 Å². The molecule has 9 heteroatoms. The van der Waals surface area contributed by atoms with Crippen LogP contribution >= 0.6 is 0 Å². The molecule has 0 saturated carbocycles. The summed E-state index contributed by atoms with van der Waals surface area (Å²) in [5.41, 5.74) is 4.51. The van der Waals surface area contributed by atoms with Crippen LogP contribution in [0.5, 0.6) is 0 Å². The van der Waals surface area contributed by atoms with Crippen molar-refractivity contribution in [1.29, 1.82) is 0 Å². The van der Waals surface area contributed by atoms with E-state index in [0.717, 1.165) is 30.7 Å². The molecular formula is C24H29N7O2. The molecule has 33 heavy (non-hydrogen) atoms. The SMILES string of the molecule is C=CC(=O)N1CCC(Nc2cnc3[nH]cc(C(=O)NCc4ccc(CC)c(C)n4)c3n2)CC1. The van der Waals surface area contributed by atoms with Crippen LogP contribution in [0.3, 0.4) is 0 Å². The van der Waals surface area contributed by atoms with Gasteiger partial charge in [0.2, 0.25) is 5.91 Å². The van der Waals surface area contributed by atoms with E-state index in [4.69, 9.17) is 0 Å². The summed E-state index contributed by atoms with van der Waals surface area (Å²) in [5, 5.41) is 6.31. The largest absolute Gasteiger partial charge is 0.366 e. The quantitative estimate of drug-likeness (QED) is 0.480. The molecule has 9 nitrogen and oxygen atoms in total. The predicted molar refractivity (Wildman–Crippen MR) is 127 cm³/mol. The molecule has 0 aromatic carbocycles. The van der Waals surface area contributed by atoms with Gasteiger partial charge in [-0.15, -0.1) is 0 Å². The summed E-state index contributed by atoms with van der Waals surface area (Å²) in [6.07, 6.45) is 7.18. The maximum atomic E-state index is 12.8. The van der Waals surface area contributed by atoms with Crippen LogP contribution in [-0.4, -0.2) is 55.8 Å². The first kappa shape index (κ1) is 22.4. The number of carbonyl (C=O) groups excluding carboxylic acids is 2. The van der Waals surface area contributed by atoms with Crippen LogP contribution in [0.4, 0.5) is 5.82 Å². The van der Waals surface area contributed by atoms with Gasteiger partial charge in [0.05, 0.1) is 24.0 Å². The van der Waals surface area contributed by atoms with Crippen LogP contribution in [0.2, 0.25) is 0 Å². The lowest BCUT2D eigenvalue weighted by Gasteiger charge is -2.31. The number of likely N-dealkylation sites (tertiary alicyclic amines) is 1. The standard InChI is InChI=1S/C24H29N7O2/c1-4-16-6-7-18(28-15(16)3)12-27-24(33)19-13-25-23-22(19)30-20(14-26-23)29-17-8-10-31(11-9-17)21(32)5-2/h5-7,13-14,17H,2,4,8-12H2,1,3H3,(H,25,26)(H,27,33)(H,29,30). The number of amides is 2. The van der Waals surface area contributed by atoms with Crippen molar-refractivity contribution in [2.45, 2.75) is 45.7 Å². The molecule has 0 spiro atoms. The Hall–Kier alpha value is -3.75. The number of nitrogens with one attached hydrogen (secondary N) is 3. The zero-order chi connectivity index (χ0) is 23.4. The lowest BCUT2D eigenvalue weighted by molar-refractivity contribution is -0.126. The smallest absolute Gasteiger partial charge is 0.255 e. The topological polar surface area (TPSA) is 116 Å². The number of pyridine rings is 1. The van der Waals surface area contributed by atoms with Crippen LogP contribution in [0.1, 0.15) is 47.1 Å². The van der Waals surface area contributed by atoms with Gasteiger partial charge in [0.1, 0.15) is 11.3 Å². The highest BCUT2D eigenvalue weighted by molar-refractivity contribution is 6.04. The van der Waals surface area contributed by atoms with Gasteiger partial charge in [-0.3, -0.25) is 14.6 Å². The fourth-order valence-corrected chi connectivity index (χ4v) is 4.10. The molecule has 0 atom stereocenters. The molecule has 1 aliphatic rings. The van der Waals surface area contributed by atoms with E-state index in [9.17, 15) is 9.59 Å². The Balaban J connectivity index is 1.41. The van der Waals surface area contributed by atoms with Gasteiger partial charge in [-0.2, -0.15) is 0 Å². The number of rotatable bonds is 7. The molecule has 3 aromatic rings. The summed E-state index contributed by atoms with van der Waals surface area (Å²) in [6.45, 7) is 9.30. The molecule has 0 radical (unpaired) electrons. The summed E-state index contributed by atoms with van der Waals surface area (Å²) in [6, 6.07) is 4.18. The van der Waals surface area contributed by atoms with Crippen molar-refractivity contribution < 1.29 is 9.59 Å². The molecule has 172 valence electrons. The van der Waals surface area contributed by atoms with Crippen LogP contribution in [0.25, 0.3) is 11.2 Å². The van der Waals surface area contributed by atoms with Gasteiger partial charge in [-0.05, 0) is 43.9 Å². The van der Waals surface area contributed by atoms with Gasteiger partial charge in [-0.25, -0.2) is 9.97 Å². The normalized spacial score (nSPS) is 14.3. The number of piperidine rings is 1. The number of anilines is 1. The van der Waals surface area contributed by atoms with Crippen molar-refractivity contribution in [3.8, 4) is 0 Å². The van der Waals surface area contributed by atoms with E-state index in [-0.39, 0.29) is 17.9 Å². The third-order valence-corrected chi connectivity index (χ3v) is 6.02. The van der Waals surface area contributed by atoms with Crippen molar-refractivity contribution in [3.05, 3.63) is 59.7 Å². The fourth-order valence-electron chi connectivity index (χ4n) is 4.10. The van der Waals surface area contributed by atoms with E-state index in [1.54, 1.807) is 17.3 Å². The number of hydrogen-bond donors (Lipinski definition) is 3.